The summed E-state index contributed by atoms with van der Waals surface area (Å²) in [5.41, 5.74) is 2.93. The quantitative estimate of drug-likeness (QED) is 0.673. The number of fused-ring (bicyclic) bond motifs is 1. The van der Waals surface area contributed by atoms with Crippen LogP contribution < -0.4 is 15.4 Å². The predicted octanol–water partition coefficient (Wildman–Crippen LogP) is 2.38. The highest BCUT2D eigenvalue weighted by Gasteiger charge is 2.35. The second-order valence-electron chi connectivity index (χ2n) is 9.65. The lowest BCUT2D eigenvalue weighted by molar-refractivity contribution is 0.0903. The third-order valence-electron chi connectivity index (χ3n) is 7.20. The Morgan fingerprint density at radius 1 is 1.26 bits per heavy atom. The van der Waals surface area contributed by atoms with E-state index in [1.165, 1.54) is 13.2 Å². The molecule has 0 bridgehead atoms. The topological polar surface area (TPSA) is 91.9 Å². The van der Waals surface area contributed by atoms with Crippen molar-refractivity contribution in [2.75, 3.05) is 52.3 Å². The number of anilines is 1. The minimum atomic E-state index is -0.386. The number of nitrogens with one attached hydrogen (secondary N) is 2. The second-order valence-corrected chi connectivity index (χ2v) is 9.65. The van der Waals surface area contributed by atoms with Crippen LogP contribution >= 0.6 is 0 Å². The Bertz CT molecular complexity index is 1060. The lowest BCUT2D eigenvalue weighted by atomic mass is 9.94. The number of methoxy groups -OCH3 is 1. The molecule has 2 amide bonds. The van der Waals surface area contributed by atoms with Gasteiger partial charge in [0.1, 0.15) is 0 Å². The lowest BCUT2D eigenvalue weighted by Gasteiger charge is -2.31. The maximum absolute atomic E-state index is 13.9. The molecule has 3 aliphatic heterocycles. The number of benzene rings is 1. The Morgan fingerprint density at radius 2 is 2.09 bits per heavy atom. The highest BCUT2D eigenvalue weighted by atomic mass is 19.1. The number of amides is 2. The summed E-state index contributed by atoms with van der Waals surface area (Å²) in [6.45, 7) is 4.06. The molecule has 2 N–H and O–H groups in total. The molecule has 0 radical (unpaired) electrons. The highest BCUT2D eigenvalue weighted by molar-refractivity contribution is 5.75. The zero-order chi connectivity index (χ0) is 24.4. The van der Waals surface area contributed by atoms with E-state index in [0.29, 0.717) is 25.1 Å². The fourth-order valence-corrected chi connectivity index (χ4v) is 5.21. The van der Waals surface area contributed by atoms with E-state index >= 15 is 0 Å². The van der Waals surface area contributed by atoms with Gasteiger partial charge in [-0.05, 0) is 49.6 Å². The number of rotatable bonds is 5. The van der Waals surface area contributed by atoms with Gasteiger partial charge in [-0.3, -0.25) is 0 Å². The van der Waals surface area contributed by atoms with Crippen LogP contribution in [0.25, 0.3) is 0 Å². The van der Waals surface area contributed by atoms with Gasteiger partial charge in [-0.15, -0.1) is 0 Å². The zero-order valence-electron chi connectivity index (χ0n) is 20.3. The molecular formula is C25H33FN6O3. The molecule has 9 nitrogen and oxygen atoms in total. The van der Waals surface area contributed by atoms with Crippen molar-refractivity contribution in [3.05, 3.63) is 47.0 Å². The van der Waals surface area contributed by atoms with Crippen molar-refractivity contribution < 1.29 is 18.7 Å². The standard InChI is InChI=1S/C25H33FN6O3/c1-31-13-19(16-3-4-20(26)23(11-16)34-2)22(14-31)30-25(33)32-8-5-17-12-27-24(29-21(17)15-32)28-18-6-9-35-10-7-18/h3-4,11-12,18-19,22H,5-10,13-15H2,1-2H3,(H,30,33)(H,27,28,29). The van der Waals surface area contributed by atoms with Gasteiger partial charge in [0.05, 0.1) is 25.4 Å². The summed E-state index contributed by atoms with van der Waals surface area (Å²) < 4.78 is 24.5. The average molecular weight is 485 g/mol. The van der Waals surface area contributed by atoms with E-state index in [1.807, 2.05) is 18.1 Å². The summed E-state index contributed by atoms with van der Waals surface area (Å²) in [5, 5.41) is 6.64. The number of hydrogen-bond donors (Lipinski definition) is 2. The first kappa shape index (κ1) is 23.7. The van der Waals surface area contributed by atoms with Gasteiger partial charge >= 0.3 is 6.03 Å². The fourth-order valence-electron chi connectivity index (χ4n) is 5.21. The Hall–Kier alpha value is -2.98. The van der Waals surface area contributed by atoms with Crippen LogP contribution in [-0.4, -0.2) is 84.9 Å². The van der Waals surface area contributed by atoms with Gasteiger partial charge in [0.25, 0.3) is 0 Å². The van der Waals surface area contributed by atoms with Crippen molar-refractivity contribution in [2.24, 2.45) is 0 Å². The summed E-state index contributed by atoms with van der Waals surface area (Å²) in [4.78, 5) is 26.5. The third-order valence-corrected chi connectivity index (χ3v) is 7.20. The monoisotopic (exact) mass is 484 g/mol. The first-order chi connectivity index (χ1) is 17.0. The van der Waals surface area contributed by atoms with Gasteiger partial charge in [0.15, 0.2) is 11.6 Å². The van der Waals surface area contributed by atoms with E-state index in [0.717, 1.165) is 62.4 Å². The number of nitrogens with zero attached hydrogens (tertiary/aromatic N) is 4. The van der Waals surface area contributed by atoms with Crippen LogP contribution in [0.15, 0.2) is 24.4 Å². The third kappa shape index (κ3) is 5.33. The summed E-state index contributed by atoms with van der Waals surface area (Å²) in [7, 11) is 3.49. The number of ether oxygens (including phenoxy) is 2. The predicted molar refractivity (Wildman–Crippen MR) is 129 cm³/mol. The Kier molecular flexibility index (Phi) is 7.01. The Labute approximate surface area is 205 Å². The SMILES string of the molecule is COc1cc(C2CN(C)CC2NC(=O)N2CCc3cnc(NC4CCOCC4)nc3C2)ccc1F. The van der Waals surface area contributed by atoms with Crippen LogP contribution in [0.3, 0.4) is 0 Å². The molecule has 35 heavy (non-hydrogen) atoms. The summed E-state index contributed by atoms with van der Waals surface area (Å²) in [6.07, 6.45) is 4.48. The number of carbonyl (C=O) groups excluding carboxylic acids is 1. The van der Waals surface area contributed by atoms with Crippen molar-refractivity contribution in [1.82, 2.24) is 25.1 Å². The molecule has 2 aromatic rings. The van der Waals surface area contributed by atoms with Gasteiger partial charge in [-0.2, -0.15) is 0 Å². The smallest absolute Gasteiger partial charge is 0.318 e. The molecule has 2 fully saturated rings. The minimum Gasteiger partial charge on any atom is -0.494 e. The fraction of sp³-hybridized carbons (Fsp3) is 0.560. The van der Waals surface area contributed by atoms with Crippen molar-refractivity contribution >= 4 is 12.0 Å². The number of likely N-dealkylation sites (tertiary alicyclic amines) is 1. The molecule has 0 aliphatic carbocycles. The number of halogens is 1. The summed E-state index contributed by atoms with van der Waals surface area (Å²) in [6, 6.07) is 5.07. The Morgan fingerprint density at radius 3 is 2.89 bits per heavy atom. The van der Waals surface area contributed by atoms with E-state index in [1.54, 1.807) is 12.1 Å². The molecule has 2 saturated heterocycles. The molecule has 0 spiro atoms. The zero-order valence-corrected chi connectivity index (χ0v) is 20.3. The number of likely N-dealkylation sites (N-methyl/N-ethyl adjacent to an activating group) is 1. The molecular weight excluding hydrogens is 451 g/mol. The van der Waals surface area contributed by atoms with Gasteiger partial charge in [0.2, 0.25) is 5.95 Å². The summed E-state index contributed by atoms with van der Waals surface area (Å²) >= 11 is 0. The van der Waals surface area contributed by atoms with Gasteiger partial charge in [0, 0.05) is 51.0 Å². The van der Waals surface area contributed by atoms with Gasteiger partial charge in [-0.25, -0.2) is 19.2 Å². The first-order valence-electron chi connectivity index (χ1n) is 12.3. The highest BCUT2D eigenvalue weighted by Crippen LogP contribution is 2.31. The van der Waals surface area contributed by atoms with E-state index in [4.69, 9.17) is 14.5 Å². The molecule has 4 heterocycles. The number of carbonyl (C=O) groups is 1. The minimum absolute atomic E-state index is 0.0492. The first-order valence-corrected chi connectivity index (χ1v) is 12.3. The maximum Gasteiger partial charge on any atom is 0.318 e. The molecule has 2 atom stereocenters. The molecule has 1 aromatic carbocycles. The normalized spacial score (nSPS) is 23.1. The average Bonchev–Trinajstić information content (AvgIpc) is 3.24. The van der Waals surface area contributed by atoms with Crippen LogP contribution in [0.4, 0.5) is 15.1 Å². The molecule has 188 valence electrons. The van der Waals surface area contributed by atoms with E-state index in [2.05, 4.69) is 20.5 Å². The largest absolute Gasteiger partial charge is 0.494 e. The lowest BCUT2D eigenvalue weighted by Crippen LogP contribution is -2.49. The molecule has 3 aliphatic rings. The van der Waals surface area contributed by atoms with Crippen molar-refractivity contribution in [3.63, 3.8) is 0 Å². The van der Waals surface area contributed by atoms with Crippen molar-refractivity contribution in [2.45, 2.75) is 43.8 Å². The number of urea groups is 1. The van der Waals surface area contributed by atoms with E-state index in [-0.39, 0.29) is 29.6 Å². The Balaban J connectivity index is 1.25. The van der Waals surface area contributed by atoms with Crippen LogP contribution in [0, 0.1) is 5.82 Å². The van der Waals surface area contributed by atoms with Gasteiger partial charge < -0.3 is 29.9 Å². The summed E-state index contributed by atoms with van der Waals surface area (Å²) in [5.74, 6) is 0.497. The van der Waals surface area contributed by atoms with Crippen molar-refractivity contribution in [1.29, 1.82) is 0 Å². The molecule has 1 aromatic heterocycles. The number of hydrogen-bond acceptors (Lipinski definition) is 7. The molecule has 5 rings (SSSR count). The maximum atomic E-state index is 13.9. The second kappa shape index (κ2) is 10.3. The van der Waals surface area contributed by atoms with Crippen molar-refractivity contribution in [3.8, 4) is 5.75 Å². The van der Waals surface area contributed by atoms with E-state index < -0.39 is 0 Å². The number of aromatic nitrogens is 2. The molecule has 2 unspecified atom stereocenters. The van der Waals surface area contributed by atoms with E-state index in [9.17, 15) is 9.18 Å². The van der Waals surface area contributed by atoms with Crippen LogP contribution in [0.1, 0.15) is 35.6 Å². The van der Waals surface area contributed by atoms with Crippen LogP contribution in [-0.2, 0) is 17.7 Å². The van der Waals surface area contributed by atoms with Gasteiger partial charge in [-0.1, -0.05) is 6.07 Å². The van der Waals surface area contributed by atoms with Crippen LogP contribution in [0.5, 0.6) is 5.75 Å². The van der Waals surface area contributed by atoms with Crippen LogP contribution in [0.2, 0.25) is 0 Å². The molecule has 10 heteroatoms. The molecule has 0 saturated carbocycles.